The van der Waals surface area contributed by atoms with Crippen LogP contribution in [0.4, 0.5) is 0 Å². The highest BCUT2D eigenvalue weighted by Crippen LogP contribution is 2.21. The lowest BCUT2D eigenvalue weighted by Crippen LogP contribution is -2.43. The molecule has 66 valence electrons. The van der Waals surface area contributed by atoms with Gasteiger partial charge in [0.25, 0.3) is 5.91 Å². The topological polar surface area (TPSA) is 37.4 Å². The van der Waals surface area contributed by atoms with Crippen LogP contribution in [0.2, 0.25) is 0 Å². The summed E-state index contributed by atoms with van der Waals surface area (Å²) in [7, 11) is 0. The minimum atomic E-state index is -0.209. The summed E-state index contributed by atoms with van der Waals surface area (Å²) in [6, 6.07) is -0.125. The standard InChI is InChI=1S/C10H9NO2/c12-7-8-4-5-10(13)11-6-2-1-3-9(8)11/h1-9H. The highest BCUT2D eigenvalue weighted by Gasteiger charge is 2.29. The lowest BCUT2D eigenvalue weighted by Gasteiger charge is -2.32. The Labute approximate surface area is 76.0 Å². The molecule has 0 aliphatic carbocycles. The Hall–Kier alpha value is -1.64. The summed E-state index contributed by atoms with van der Waals surface area (Å²) in [5.74, 6) is -0.275. The van der Waals surface area contributed by atoms with Crippen LogP contribution in [0.15, 0.2) is 36.6 Å². The highest BCUT2D eigenvalue weighted by molar-refractivity contribution is 5.91. The summed E-state index contributed by atoms with van der Waals surface area (Å²) < 4.78 is 0. The molecule has 0 bridgehead atoms. The molecule has 1 amide bonds. The Morgan fingerprint density at radius 2 is 2.15 bits per heavy atom. The predicted molar refractivity (Wildman–Crippen MR) is 47.6 cm³/mol. The molecular formula is C10H9NO2. The molecule has 3 nitrogen and oxygen atoms in total. The van der Waals surface area contributed by atoms with E-state index in [0.717, 1.165) is 6.29 Å². The number of hydrogen-bond donors (Lipinski definition) is 0. The van der Waals surface area contributed by atoms with Gasteiger partial charge in [0.2, 0.25) is 0 Å². The van der Waals surface area contributed by atoms with E-state index in [2.05, 4.69) is 0 Å². The average molecular weight is 175 g/mol. The van der Waals surface area contributed by atoms with Gasteiger partial charge in [-0.3, -0.25) is 4.79 Å². The minimum Gasteiger partial charge on any atom is -0.308 e. The molecule has 0 N–H and O–H groups in total. The first-order valence-electron chi connectivity index (χ1n) is 4.14. The van der Waals surface area contributed by atoms with E-state index >= 15 is 0 Å². The van der Waals surface area contributed by atoms with Gasteiger partial charge in [0.15, 0.2) is 0 Å². The van der Waals surface area contributed by atoms with Crippen LogP contribution >= 0.6 is 0 Å². The molecule has 0 aromatic carbocycles. The van der Waals surface area contributed by atoms with Gasteiger partial charge in [-0.15, -0.1) is 0 Å². The third-order valence-corrected chi connectivity index (χ3v) is 2.25. The van der Waals surface area contributed by atoms with E-state index in [-0.39, 0.29) is 17.9 Å². The van der Waals surface area contributed by atoms with E-state index in [1.165, 1.54) is 6.08 Å². The maximum Gasteiger partial charge on any atom is 0.250 e. The third kappa shape index (κ3) is 1.22. The van der Waals surface area contributed by atoms with Gasteiger partial charge in [0.05, 0.1) is 12.0 Å². The zero-order chi connectivity index (χ0) is 9.26. The number of carbonyl (C=O) groups is 2. The molecule has 2 heterocycles. The first-order chi connectivity index (χ1) is 6.33. The molecule has 0 radical (unpaired) electrons. The monoisotopic (exact) mass is 175 g/mol. The summed E-state index contributed by atoms with van der Waals surface area (Å²) in [6.07, 6.45) is 11.2. The molecule has 0 aromatic rings. The highest BCUT2D eigenvalue weighted by atomic mass is 16.2. The van der Waals surface area contributed by atoms with Crippen molar-refractivity contribution >= 4 is 12.2 Å². The summed E-state index contributed by atoms with van der Waals surface area (Å²) in [5.41, 5.74) is 0. The fraction of sp³-hybridized carbons (Fsp3) is 0.200. The Kier molecular flexibility index (Phi) is 1.85. The van der Waals surface area contributed by atoms with Crippen molar-refractivity contribution in [1.82, 2.24) is 4.90 Å². The van der Waals surface area contributed by atoms with Gasteiger partial charge in [0.1, 0.15) is 6.29 Å². The molecule has 2 aliphatic rings. The van der Waals surface area contributed by atoms with Crippen molar-refractivity contribution in [3.8, 4) is 0 Å². The smallest absolute Gasteiger partial charge is 0.250 e. The molecule has 0 fully saturated rings. The average Bonchev–Trinajstić information content (AvgIpc) is 2.19. The Morgan fingerprint density at radius 3 is 2.92 bits per heavy atom. The van der Waals surface area contributed by atoms with E-state index in [4.69, 9.17) is 0 Å². The van der Waals surface area contributed by atoms with Crippen LogP contribution in [-0.2, 0) is 9.59 Å². The maximum absolute atomic E-state index is 11.3. The molecule has 0 saturated carbocycles. The molecule has 13 heavy (non-hydrogen) atoms. The molecule has 2 rings (SSSR count). The van der Waals surface area contributed by atoms with Crippen LogP contribution in [-0.4, -0.2) is 23.1 Å². The van der Waals surface area contributed by atoms with Gasteiger partial charge < -0.3 is 9.69 Å². The van der Waals surface area contributed by atoms with Crippen molar-refractivity contribution in [2.45, 2.75) is 6.04 Å². The largest absolute Gasteiger partial charge is 0.308 e. The van der Waals surface area contributed by atoms with Crippen LogP contribution in [0.1, 0.15) is 0 Å². The molecule has 0 spiro atoms. The maximum atomic E-state index is 11.3. The first kappa shape index (κ1) is 7.98. The molecule has 2 aliphatic heterocycles. The minimum absolute atomic E-state index is 0.0660. The normalized spacial score (nSPS) is 30.5. The van der Waals surface area contributed by atoms with Crippen molar-refractivity contribution in [2.24, 2.45) is 5.92 Å². The Morgan fingerprint density at radius 1 is 1.31 bits per heavy atom. The number of amides is 1. The number of allylic oxidation sites excluding steroid dienone is 2. The number of aldehydes is 1. The number of hydrogen-bond acceptors (Lipinski definition) is 2. The van der Waals surface area contributed by atoms with E-state index < -0.39 is 0 Å². The van der Waals surface area contributed by atoms with Gasteiger partial charge in [-0.25, -0.2) is 0 Å². The van der Waals surface area contributed by atoms with Crippen LogP contribution in [0, 0.1) is 5.92 Å². The zero-order valence-electron chi connectivity index (χ0n) is 6.96. The zero-order valence-corrected chi connectivity index (χ0v) is 6.96. The Bertz CT molecular complexity index is 328. The summed E-state index contributed by atoms with van der Waals surface area (Å²) >= 11 is 0. The second-order valence-electron chi connectivity index (χ2n) is 3.04. The molecule has 2 unspecified atom stereocenters. The van der Waals surface area contributed by atoms with Crippen LogP contribution in [0.5, 0.6) is 0 Å². The van der Waals surface area contributed by atoms with Crippen molar-refractivity contribution in [3.63, 3.8) is 0 Å². The van der Waals surface area contributed by atoms with Gasteiger partial charge >= 0.3 is 0 Å². The quantitative estimate of drug-likeness (QED) is 0.549. The van der Waals surface area contributed by atoms with Gasteiger partial charge in [0, 0.05) is 12.3 Å². The fourth-order valence-corrected chi connectivity index (χ4v) is 1.57. The van der Waals surface area contributed by atoms with Gasteiger partial charge in [-0.05, 0) is 6.08 Å². The number of nitrogens with zero attached hydrogens (tertiary/aromatic N) is 1. The second-order valence-corrected chi connectivity index (χ2v) is 3.04. The molecule has 2 atom stereocenters. The second kappa shape index (κ2) is 3.01. The summed E-state index contributed by atoms with van der Waals surface area (Å²) in [6.45, 7) is 0. The van der Waals surface area contributed by atoms with Crippen LogP contribution in [0.3, 0.4) is 0 Å². The lowest BCUT2D eigenvalue weighted by molar-refractivity contribution is -0.126. The van der Waals surface area contributed by atoms with Gasteiger partial charge in [-0.1, -0.05) is 18.2 Å². The third-order valence-electron chi connectivity index (χ3n) is 2.25. The number of rotatable bonds is 1. The molecule has 0 saturated heterocycles. The van der Waals surface area contributed by atoms with Crippen LogP contribution < -0.4 is 0 Å². The van der Waals surface area contributed by atoms with Crippen LogP contribution in [0.25, 0.3) is 0 Å². The van der Waals surface area contributed by atoms with Crippen molar-refractivity contribution in [3.05, 3.63) is 36.6 Å². The molecule has 0 aromatic heterocycles. The van der Waals surface area contributed by atoms with Crippen molar-refractivity contribution in [1.29, 1.82) is 0 Å². The Balaban J connectivity index is 2.36. The molecule has 3 heteroatoms. The van der Waals surface area contributed by atoms with E-state index in [1.807, 2.05) is 12.2 Å². The number of carbonyl (C=O) groups excluding carboxylic acids is 2. The summed E-state index contributed by atoms with van der Waals surface area (Å²) in [4.78, 5) is 23.6. The summed E-state index contributed by atoms with van der Waals surface area (Å²) in [5, 5.41) is 0. The van der Waals surface area contributed by atoms with E-state index in [9.17, 15) is 9.59 Å². The lowest BCUT2D eigenvalue weighted by atomic mass is 9.94. The number of fused-ring (bicyclic) bond motifs is 1. The SMILES string of the molecule is O=CC1C=CC(=O)N2C=CC=CC12. The van der Waals surface area contributed by atoms with Crippen molar-refractivity contribution < 1.29 is 9.59 Å². The van der Waals surface area contributed by atoms with Crippen molar-refractivity contribution in [2.75, 3.05) is 0 Å². The van der Waals surface area contributed by atoms with Gasteiger partial charge in [-0.2, -0.15) is 0 Å². The van der Waals surface area contributed by atoms with E-state index in [1.54, 1.807) is 23.3 Å². The predicted octanol–water partition coefficient (Wildman–Crippen LogP) is 0.652. The molecular weight excluding hydrogens is 166 g/mol. The van der Waals surface area contributed by atoms with E-state index in [0.29, 0.717) is 0 Å². The first-order valence-corrected chi connectivity index (χ1v) is 4.14. The fourth-order valence-electron chi connectivity index (χ4n) is 1.57.